The Labute approximate surface area is 87.1 Å². The smallest absolute Gasteiger partial charge is 0.287 e. The summed E-state index contributed by atoms with van der Waals surface area (Å²) in [4.78, 5) is 14.4. The second kappa shape index (κ2) is 3.80. The molecular weight excluding hydrogens is 233 g/mol. The molecule has 0 aliphatic heterocycles. The average Bonchev–Trinajstić information content (AvgIpc) is 2.16. The van der Waals surface area contributed by atoms with E-state index in [1.165, 1.54) is 13.0 Å². The largest absolute Gasteiger partial charge is 0.461 e. The van der Waals surface area contributed by atoms with Crippen LogP contribution in [0, 0.1) is 6.92 Å². The molecule has 0 aliphatic carbocycles. The Morgan fingerprint density at radius 1 is 1.19 bits per heavy atom. The van der Waals surface area contributed by atoms with Crippen LogP contribution >= 0.6 is 0 Å². The molecule has 2 nitrogen and oxygen atoms in total. The van der Waals surface area contributed by atoms with Crippen LogP contribution in [0.2, 0.25) is 0 Å². The zero-order chi connectivity index (χ0) is 12.6. The highest BCUT2D eigenvalue weighted by Crippen LogP contribution is 2.37. The van der Waals surface area contributed by atoms with Crippen molar-refractivity contribution in [2.24, 2.45) is 0 Å². The Balaban J connectivity index is 3.07. The zero-order valence-corrected chi connectivity index (χ0v) is 7.98. The lowest BCUT2D eigenvalue weighted by molar-refractivity contribution is -0.255. The maximum Gasteiger partial charge on any atom is 0.461 e. The fraction of sp³-hybridized carbons (Fsp3) is 0.333. The molecule has 0 amide bonds. The van der Waals surface area contributed by atoms with Gasteiger partial charge in [-0.3, -0.25) is 9.78 Å². The molecule has 0 aliphatic rings. The Morgan fingerprint density at radius 3 is 2.12 bits per heavy atom. The number of halogens is 5. The molecule has 0 saturated heterocycles. The molecule has 1 aromatic rings. The SMILES string of the molecule is Cc1ccc(C(=O)C(F)(F)C(F)(F)F)cn1. The number of hydrogen-bond donors (Lipinski definition) is 0. The topological polar surface area (TPSA) is 30.0 Å². The van der Waals surface area contributed by atoms with Crippen molar-refractivity contribution in [2.75, 3.05) is 0 Å². The van der Waals surface area contributed by atoms with Gasteiger partial charge in [0, 0.05) is 17.5 Å². The number of carbonyl (C=O) groups is 1. The number of nitrogens with zero attached hydrogens (tertiary/aromatic N) is 1. The predicted octanol–water partition coefficient (Wildman–Crippen LogP) is 2.77. The fourth-order valence-corrected chi connectivity index (χ4v) is 0.912. The van der Waals surface area contributed by atoms with Gasteiger partial charge in [0.05, 0.1) is 0 Å². The van der Waals surface area contributed by atoms with Gasteiger partial charge in [-0.2, -0.15) is 22.0 Å². The molecular formula is C9H6F5NO. The summed E-state index contributed by atoms with van der Waals surface area (Å²) in [5.41, 5.74) is -0.361. The second-order valence-electron chi connectivity index (χ2n) is 3.09. The van der Waals surface area contributed by atoms with Gasteiger partial charge in [-0.25, -0.2) is 0 Å². The number of pyridine rings is 1. The molecule has 0 atom stereocenters. The highest BCUT2D eigenvalue weighted by molar-refractivity contribution is 6.01. The lowest BCUT2D eigenvalue weighted by atomic mass is 10.1. The molecule has 0 aromatic carbocycles. The summed E-state index contributed by atoms with van der Waals surface area (Å²) in [5, 5.41) is 0. The number of rotatable bonds is 2. The number of ketones is 1. The van der Waals surface area contributed by atoms with Crippen LogP contribution in [0.1, 0.15) is 16.1 Å². The summed E-state index contributed by atoms with van der Waals surface area (Å²) in [6.45, 7) is 1.51. The van der Waals surface area contributed by atoms with Crippen LogP contribution in [0.4, 0.5) is 22.0 Å². The lowest BCUT2D eigenvalue weighted by Gasteiger charge is -2.17. The molecule has 0 radical (unpaired) electrons. The summed E-state index contributed by atoms with van der Waals surface area (Å²) in [6, 6.07) is 2.06. The molecule has 0 N–H and O–H groups in total. The van der Waals surface area contributed by atoms with Gasteiger partial charge in [-0.05, 0) is 19.1 Å². The van der Waals surface area contributed by atoms with Crippen molar-refractivity contribution in [1.29, 1.82) is 0 Å². The molecule has 0 saturated carbocycles. The van der Waals surface area contributed by atoms with Crippen molar-refractivity contribution < 1.29 is 26.7 Å². The fourth-order valence-electron chi connectivity index (χ4n) is 0.912. The molecule has 0 unspecified atom stereocenters. The first-order chi connectivity index (χ1) is 7.16. The third kappa shape index (κ3) is 2.17. The van der Waals surface area contributed by atoms with E-state index in [1.54, 1.807) is 0 Å². The van der Waals surface area contributed by atoms with Crippen LogP contribution < -0.4 is 0 Å². The van der Waals surface area contributed by atoms with Crippen molar-refractivity contribution >= 4 is 5.78 Å². The molecule has 0 spiro atoms. The molecule has 1 heterocycles. The van der Waals surface area contributed by atoms with E-state index in [0.29, 0.717) is 11.9 Å². The van der Waals surface area contributed by atoms with E-state index in [-0.39, 0.29) is 0 Å². The third-order valence-electron chi connectivity index (χ3n) is 1.81. The van der Waals surface area contributed by atoms with Crippen LogP contribution in [-0.2, 0) is 0 Å². The first kappa shape index (κ1) is 12.5. The summed E-state index contributed by atoms with van der Waals surface area (Å²) >= 11 is 0. The Bertz CT molecular complexity index is 395. The number of alkyl halides is 5. The van der Waals surface area contributed by atoms with Crippen molar-refractivity contribution in [3.05, 3.63) is 29.6 Å². The van der Waals surface area contributed by atoms with E-state index < -0.39 is 23.4 Å². The van der Waals surface area contributed by atoms with Crippen LogP contribution in [0.3, 0.4) is 0 Å². The normalized spacial score (nSPS) is 12.6. The molecule has 0 fully saturated rings. The van der Waals surface area contributed by atoms with Gasteiger partial charge in [0.15, 0.2) is 0 Å². The minimum Gasteiger partial charge on any atom is -0.287 e. The van der Waals surface area contributed by atoms with E-state index in [4.69, 9.17) is 0 Å². The average molecular weight is 239 g/mol. The number of carbonyl (C=O) groups excluding carboxylic acids is 1. The highest BCUT2D eigenvalue weighted by Gasteiger charge is 2.63. The number of aromatic nitrogens is 1. The Hall–Kier alpha value is -1.53. The standard InChI is InChI=1S/C9H6F5NO/c1-5-2-3-6(4-15-5)7(16)8(10,11)9(12,13)14/h2-4H,1H3. The third-order valence-corrected chi connectivity index (χ3v) is 1.81. The molecule has 88 valence electrons. The first-order valence-corrected chi connectivity index (χ1v) is 4.08. The Kier molecular flexibility index (Phi) is 2.98. The van der Waals surface area contributed by atoms with E-state index in [9.17, 15) is 26.7 Å². The van der Waals surface area contributed by atoms with Gasteiger partial charge >= 0.3 is 12.1 Å². The van der Waals surface area contributed by atoms with Crippen molar-refractivity contribution in [3.8, 4) is 0 Å². The molecule has 1 aromatic heterocycles. The first-order valence-electron chi connectivity index (χ1n) is 4.08. The van der Waals surface area contributed by atoms with Crippen LogP contribution in [0.15, 0.2) is 18.3 Å². The van der Waals surface area contributed by atoms with E-state index in [0.717, 1.165) is 6.07 Å². The lowest BCUT2D eigenvalue weighted by Crippen LogP contribution is -2.44. The van der Waals surface area contributed by atoms with Crippen molar-refractivity contribution in [1.82, 2.24) is 4.98 Å². The van der Waals surface area contributed by atoms with Gasteiger partial charge in [0.25, 0.3) is 0 Å². The number of hydrogen-bond acceptors (Lipinski definition) is 2. The van der Waals surface area contributed by atoms with E-state index in [1.807, 2.05) is 0 Å². The van der Waals surface area contributed by atoms with Crippen molar-refractivity contribution in [3.63, 3.8) is 0 Å². The van der Waals surface area contributed by atoms with Gasteiger partial charge in [0.1, 0.15) is 0 Å². The maximum atomic E-state index is 12.6. The maximum absolute atomic E-state index is 12.6. The number of Topliss-reactive ketones (excluding diaryl/α,β-unsaturated/α-hetero) is 1. The second-order valence-corrected chi connectivity index (χ2v) is 3.09. The quantitative estimate of drug-likeness (QED) is 0.586. The minimum atomic E-state index is -5.89. The van der Waals surface area contributed by atoms with Crippen LogP contribution in [0.5, 0.6) is 0 Å². The number of aryl methyl sites for hydroxylation is 1. The van der Waals surface area contributed by atoms with Crippen molar-refractivity contribution in [2.45, 2.75) is 19.0 Å². The Morgan fingerprint density at radius 2 is 1.75 bits per heavy atom. The zero-order valence-electron chi connectivity index (χ0n) is 7.98. The predicted molar refractivity (Wildman–Crippen MR) is 44.3 cm³/mol. The monoisotopic (exact) mass is 239 g/mol. The molecule has 1 rings (SSSR count). The van der Waals surface area contributed by atoms with E-state index >= 15 is 0 Å². The summed E-state index contributed by atoms with van der Waals surface area (Å²) < 4.78 is 60.8. The van der Waals surface area contributed by atoms with Gasteiger partial charge in [-0.15, -0.1) is 0 Å². The summed E-state index contributed by atoms with van der Waals surface area (Å²) in [5.74, 6) is -7.68. The minimum absolute atomic E-state index is 0.409. The van der Waals surface area contributed by atoms with Gasteiger partial charge in [-0.1, -0.05) is 0 Å². The summed E-state index contributed by atoms with van der Waals surface area (Å²) in [7, 11) is 0. The molecule has 7 heteroatoms. The van der Waals surface area contributed by atoms with Crippen LogP contribution in [-0.4, -0.2) is 22.9 Å². The highest BCUT2D eigenvalue weighted by atomic mass is 19.4. The van der Waals surface area contributed by atoms with Crippen LogP contribution in [0.25, 0.3) is 0 Å². The molecule has 16 heavy (non-hydrogen) atoms. The summed E-state index contributed by atoms with van der Waals surface area (Å²) in [6.07, 6.45) is -5.20. The molecule has 0 bridgehead atoms. The van der Waals surface area contributed by atoms with Gasteiger partial charge in [0.2, 0.25) is 5.78 Å². The van der Waals surface area contributed by atoms with E-state index in [2.05, 4.69) is 4.98 Å². The van der Waals surface area contributed by atoms with Gasteiger partial charge < -0.3 is 0 Å².